The van der Waals surface area contributed by atoms with Gasteiger partial charge in [0.1, 0.15) is 21.6 Å². The Morgan fingerprint density at radius 3 is 2.49 bits per heavy atom. The molecule has 1 aliphatic rings. The largest absolute Gasteiger partial charge is 0.476 e. The topological polar surface area (TPSA) is 124 Å². The van der Waals surface area contributed by atoms with Gasteiger partial charge in [-0.3, -0.25) is 9.52 Å². The van der Waals surface area contributed by atoms with Crippen LogP contribution in [0.5, 0.6) is 5.88 Å². The average molecular weight is 714 g/mol. The molecule has 1 saturated heterocycles. The summed E-state index contributed by atoms with van der Waals surface area (Å²) >= 11 is 7.54. The van der Waals surface area contributed by atoms with Crippen LogP contribution in [0.4, 0.5) is 10.6 Å². The molecule has 3 aromatic rings. The lowest BCUT2D eigenvalue weighted by Crippen LogP contribution is -2.49. The number of anilines is 1. The summed E-state index contributed by atoms with van der Waals surface area (Å²) in [6.45, 7) is 20.0. The summed E-state index contributed by atoms with van der Waals surface area (Å²) in [7, 11) is 0. The zero-order valence-electron chi connectivity index (χ0n) is 30.2. The van der Waals surface area contributed by atoms with Gasteiger partial charge < -0.3 is 19.7 Å². The Labute approximate surface area is 300 Å². The Balaban J connectivity index is 1.26. The third-order valence-corrected chi connectivity index (χ3v) is 9.72. The molecule has 1 aliphatic heterocycles. The third kappa shape index (κ3) is 10.7. The maximum absolute atomic E-state index is 13.0. The Hall–Kier alpha value is -3.51. The molecule has 0 bridgehead atoms. The second-order valence-electron chi connectivity index (χ2n) is 14.9. The van der Waals surface area contributed by atoms with Crippen molar-refractivity contribution in [2.45, 2.75) is 110 Å². The first kappa shape index (κ1) is 38.3. The molecule has 11 nitrogen and oxygen atoms in total. The molecule has 4 rings (SSSR count). The molecule has 13 heteroatoms. The van der Waals surface area contributed by atoms with E-state index in [2.05, 4.69) is 66.6 Å². The molecule has 0 aliphatic carbocycles. The lowest BCUT2D eigenvalue weighted by atomic mass is 9.86. The van der Waals surface area contributed by atoms with Gasteiger partial charge in [0, 0.05) is 42.3 Å². The van der Waals surface area contributed by atoms with Crippen molar-refractivity contribution in [2.24, 2.45) is 17.8 Å². The number of hydrogen-bond donors (Lipinski definition) is 2. The van der Waals surface area contributed by atoms with Crippen LogP contribution >= 0.6 is 23.5 Å². The summed E-state index contributed by atoms with van der Waals surface area (Å²) in [5, 5.41) is 8.53. The molecule has 0 radical (unpaired) electrons. The Morgan fingerprint density at radius 2 is 1.82 bits per heavy atom. The number of rotatable bonds is 14. The van der Waals surface area contributed by atoms with E-state index >= 15 is 0 Å². The normalized spacial score (nSPS) is 16.0. The van der Waals surface area contributed by atoms with Crippen LogP contribution in [-0.4, -0.2) is 67.0 Å². The van der Waals surface area contributed by atoms with E-state index in [9.17, 15) is 9.59 Å². The second-order valence-corrected chi connectivity index (χ2v) is 16.1. The van der Waals surface area contributed by atoms with Gasteiger partial charge in [-0.15, -0.1) is 5.10 Å². The number of hydrogen-bond acceptors (Lipinski definition) is 9. The van der Waals surface area contributed by atoms with Crippen LogP contribution in [0.2, 0.25) is 5.15 Å². The quantitative estimate of drug-likeness (QED) is 0.0963. The van der Waals surface area contributed by atoms with Gasteiger partial charge in [0.05, 0.1) is 12.2 Å². The van der Waals surface area contributed by atoms with Gasteiger partial charge in [-0.05, 0) is 102 Å². The second kappa shape index (κ2) is 16.5. The SMILES string of the molecule is CC(C)C(COc1ccn(-c2ccc(C(=O)NSc3cccc(NCCCC4CCC(C)(C)N4C(=O)OC(C)(C)C)n3)c(Cl)n2)n1)C(C)C. The molecule has 4 heterocycles. The molecule has 3 aromatic heterocycles. The maximum Gasteiger partial charge on any atom is 0.410 e. The van der Waals surface area contributed by atoms with E-state index in [1.807, 2.05) is 43.9 Å². The van der Waals surface area contributed by atoms with Crippen LogP contribution in [0, 0.1) is 17.8 Å². The van der Waals surface area contributed by atoms with Crippen LogP contribution < -0.4 is 14.8 Å². The van der Waals surface area contributed by atoms with Gasteiger partial charge in [0.2, 0.25) is 5.88 Å². The predicted octanol–water partition coefficient (Wildman–Crippen LogP) is 8.43. The van der Waals surface area contributed by atoms with E-state index < -0.39 is 5.60 Å². The Morgan fingerprint density at radius 1 is 1.08 bits per heavy atom. The van der Waals surface area contributed by atoms with Crippen molar-refractivity contribution < 1.29 is 19.1 Å². The van der Waals surface area contributed by atoms with E-state index in [-0.39, 0.29) is 34.3 Å². The predicted molar refractivity (Wildman–Crippen MR) is 195 cm³/mol. The number of nitrogens with one attached hydrogen (secondary N) is 2. The average Bonchev–Trinajstić information content (AvgIpc) is 3.60. The number of ether oxygens (including phenoxy) is 2. The number of carbonyl (C=O) groups excluding carboxylic acids is 2. The van der Waals surface area contributed by atoms with E-state index in [4.69, 9.17) is 21.1 Å². The summed E-state index contributed by atoms with van der Waals surface area (Å²) in [6, 6.07) is 10.8. The number of halogens is 1. The number of likely N-dealkylation sites (tertiary alicyclic amines) is 1. The molecule has 1 atom stereocenters. The fourth-order valence-electron chi connectivity index (χ4n) is 6.09. The van der Waals surface area contributed by atoms with Gasteiger partial charge in [-0.1, -0.05) is 45.4 Å². The van der Waals surface area contributed by atoms with Crippen molar-refractivity contribution in [3.05, 3.63) is 53.3 Å². The fraction of sp³-hybridized carbons (Fsp3) is 0.583. The molecule has 1 fully saturated rings. The molecular formula is C36H52ClN7O4S. The highest BCUT2D eigenvalue weighted by molar-refractivity contribution is 7.97. The molecule has 268 valence electrons. The smallest absolute Gasteiger partial charge is 0.410 e. The van der Waals surface area contributed by atoms with Gasteiger partial charge in [0.15, 0.2) is 5.82 Å². The number of amides is 2. The monoisotopic (exact) mass is 713 g/mol. The minimum atomic E-state index is -0.532. The third-order valence-electron chi connectivity index (χ3n) is 8.70. The molecule has 0 saturated carbocycles. The van der Waals surface area contributed by atoms with Gasteiger partial charge in [-0.2, -0.15) is 0 Å². The van der Waals surface area contributed by atoms with Gasteiger partial charge in [0.25, 0.3) is 5.91 Å². The number of pyridine rings is 2. The number of aromatic nitrogens is 4. The highest BCUT2D eigenvalue weighted by Crippen LogP contribution is 2.36. The van der Waals surface area contributed by atoms with Crippen molar-refractivity contribution in [3.63, 3.8) is 0 Å². The minimum Gasteiger partial charge on any atom is -0.476 e. The van der Waals surface area contributed by atoms with E-state index in [1.165, 1.54) is 0 Å². The zero-order chi connectivity index (χ0) is 35.9. The summed E-state index contributed by atoms with van der Waals surface area (Å²) in [4.78, 5) is 36.9. The number of carbonyl (C=O) groups is 2. The Bertz CT molecular complexity index is 1560. The van der Waals surface area contributed by atoms with Gasteiger partial charge in [-0.25, -0.2) is 19.4 Å². The maximum atomic E-state index is 13.0. The Kier molecular flexibility index (Phi) is 12.9. The molecule has 0 aromatic carbocycles. The van der Waals surface area contributed by atoms with Crippen molar-refractivity contribution >= 4 is 41.4 Å². The van der Waals surface area contributed by atoms with Crippen molar-refractivity contribution in [2.75, 3.05) is 18.5 Å². The summed E-state index contributed by atoms with van der Waals surface area (Å²) in [5.41, 5.74) is -0.525. The molecule has 49 heavy (non-hydrogen) atoms. The van der Waals surface area contributed by atoms with Crippen LogP contribution in [-0.2, 0) is 4.74 Å². The van der Waals surface area contributed by atoms with E-state index in [1.54, 1.807) is 29.1 Å². The zero-order valence-corrected chi connectivity index (χ0v) is 31.8. The van der Waals surface area contributed by atoms with Crippen LogP contribution in [0.3, 0.4) is 0 Å². The van der Waals surface area contributed by atoms with Crippen LogP contribution in [0.15, 0.2) is 47.6 Å². The highest BCUT2D eigenvalue weighted by Gasteiger charge is 2.43. The van der Waals surface area contributed by atoms with Crippen LogP contribution in [0.25, 0.3) is 5.82 Å². The lowest BCUT2D eigenvalue weighted by Gasteiger charge is -2.37. The number of nitrogens with zero attached hydrogens (tertiary/aromatic N) is 5. The molecular weight excluding hydrogens is 662 g/mol. The minimum absolute atomic E-state index is 0.0625. The van der Waals surface area contributed by atoms with E-state index in [0.29, 0.717) is 53.4 Å². The highest BCUT2D eigenvalue weighted by atomic mass is 35.5. The standard InChI is InChI=1S/C36H52ClN7O4S/c1-23(2)27(24(3)4)22-47-30-18-21-43(41-30)29-16-15-26(32(37)40-29)33(45)42-49-31-14-10-13-28(39-31)38-20-11-12-25-17-19-36(8,9)44(25)34(46)48-35(5,6)7/h10,13-16,18,21,23-25,27H,11-12,17,19-20,22H2,1-9H3,(H,38,39)(H,42,45). The summed E-state index contributed by atoms with van der Waals surface area (Å²) in [6.07, 6.45) is 5.13. The van der Waals surface area contributed by atoms with Crippen molar-refractivity contribution in [1.82, 2.24) is 29.4 Å². The first-order valence-corrected chi connectivity index (χ1v) is 18.3. The molecule has 2 N–H and O–H groups in total. The fourth-order valence-corrected chi connectivity index (χ4v) is 6.93. The first-order valence-electron chi connectivity index (χ1n) is 17.1. The van der Waals surface area contributed by atoms with Crippen molar-refractivity contribution in [3.8, 4) is 11.7 Å². The molecule has 0 spiro atoms. The van der Waals surface area contributed by atoms with E-state index in [0.717, 1.165) is 37.6 Å². The first-order chi connectivity index (χ1) is 23.0. The lowest BCUT2D eigenvalue weighted by molar-refractivity contribution is 0.00294. The summed E-state index contributed by atoms with van der Waals surface area (Å²) in [5.74, 6) is 2.72. The van der Waals surface area contributed by atoms with Crippen molar-refractivity contribution in [1.29, 1.82) is 0 Å². The van der Waals surface area contributed by atoms with Gasteiger partial charge >= 0.3 is 6.09 Å². The summed E-state index contributed by atoms with van der Waals surface area (Å²) < 4.78 is 16.1. The van der Waals surface area contributed by atoms with Crippen LogP contribution in [0.1, 0.15) is 98.4 Å². The molecule has 1 unspecified atom stereocenters. The molecule has 2 amide bonds.